The summed E-state index contributed by atoms with van der Waals surface area (Å²) in [6.07, 6.45) is 4.48. The molecular formula is C21H19NO2S2. The van der Waals surface area contributed by atoms with Gasteiger partial charge in [-0.1, -0.05) is 18.2 Å². The summed E-state index contributed by atoms with van der Waals surface area (Å²) < 4.78 is 5.17. The zero-order valence-corrected chi connectivity index (χ0v) is 16.1. The number of amides is 1. The minimum Gasteiger partial charge on any atom is -0.497 e. The second-order valence-electron chi connectivity index (χ2n) is 6.11. The Hall–Kier alpha value is -2.37. The third-order valence-corrected chi connectivity index (χ3v) is 6.52. The predicted octanol–water partition coefficient (Wildman–Crippen LogP) is 5.01. The molecule has 0 saturated heterocycles. The van der Waals surface area contributed by atoms with Gasteiger partial charge in [-0.05, 0) is 58.6 Å². The van der Waals surface area contributed by atoms with Gasteiger partial charge in [0.2, 0.25) is 5.91 Å². The monoisotopic (exact) mass is 381 g/mol. The average molecular weight is 382 g/mol. The van der Waals surface area contributed by atoms with Crippen LogP contribution >= 0.6 is 22.7 Å². The first-order valence-electron chi connectivity index (χ1n) is 8.48. The molecular weight excluding hydrogens is 362 g/mol. The smallest absolute Gasteiger partial charge is 0.247 e. The maximum atomic E-state index is 13.0. The first-order chi connectivity index (χ1) is 12.8. The molecule has 0 radical (unpaired) electrons. The van der Waals surface area contributed by atoms with Crippen molar-refractivity contribution in [2.45, 2.75) is 12.5 Å². The highest BCUT2D eigenvalue weighted by atomic mass is 32.1. The number of ether oxygens (including phenoxy) is 1. The average Bonchev–Trinajstić information content (AvgIpc) is 3.37. The van der Waals surface area contributed by atoms with E-state index >= 15 is 0 Å². The highest BCUT2D eigenvalue weighted by Gasteiger charge is 2.32. The number of methoxy groups -OCH3 is 1. The van der Waals surface area contributed by atoms with Crippen LogP contribution in [-0.2, 0) is 11.2 Å². The molecule has 1 atom stereocenters. The molecule has 0 N–H and O–H groups in total. The Morgan fingerprint density at radius 2 is 2.00 bits per heavy atom. The second kappa shape index (κ2) is 7.48. The zero-order valence-electron chi connectivity index (χ0n) is 14.4. The Labute approximate surface area is 161 Å². The van der Waals surface area contributed by atoms with Gasteiger partial charge in [0, 0.05) is 22.4 Å². The Morgan fingerprint density at radius 3 is 2.73 bits per heavy atom. The van der Waals surface area contributed by atoms with Crippen molar-refractivity contribution in [2.24, 2.45) is 0 Å². The lowest BCUT2D eigenvalue weighted by Gasteiger charge is -2.34. The molecule has 26 heavy (non-hydrogen) atoms. The van der Waals surface area contributed by atoms with E-state index in [0.29, 0.717) is 0 Å². The molecule has 132 valence electrons. The van der Waals surface area contributed by atoms with E-state index in [2.05, 4.69) is 29.0 Å². The molecule has 0 fully saturated rings. The Morgan fingerprint density at radius 1 is 1.15 bits per heavy atom. The van der Waals surface area contributed by atoms with Gasteiger partial charge in [0.25, 0.3) is 0 Å². The summed E-state index contributed by atoms with van der Waals surface area (Å²) in [5, 5.41) is 4.21. The quantitative estimate of drug-likeness (QED) is 0.595. The van der Waals surface area contributed by atoms with Crippen LogP contribution in [0.25, 0.3) is 6.08 Å². The van der Waals surface area contributed by atoms with E-state index in [9.17, 15) is 4.79 Å². The summed E-state index contributed by atoms with van der Waals surface area (Å²) in [5.74, 6) is 0.864. The standard InChI is InChI=1S/C21H19NO2S2/c1-24-16-7-4-15(5-8-16)6-9-20(23)22-12-10-18-17(11-14-26-18)21(22)19-3-2-13-25-19/h2-9,11,13-14,21H,10,12H2,1H3/b9-6+/t21-/m0/s1. The number of carbonyl (C=O) groups is 1. The summed E-state index contributed by atoms with van der Waals surface area (Å²) in [6.45, 7) is 0.752. The van der Waals surface area contributed by atoms with Crippen LogP contribution in [0.15, 0.2) is 59.3 Å². The van der Waals surface area contributed by atoms with Crippen molar-refractivity contribution in [1.82, 2.24) is 4.90 Å². The third-order valence-electron chi connectivity index (χ3n) is 4.60. The molecule has 0 unspecified atom stereocenters. The van der Waals surface area contributed by atoms with Gasteiger partial charge in [0.1, 0.15) is 5.75 Å². The van der Waals surface area contributed by atoms with Crippen LogP contribution < -0.4 is 4.74 Å². The molecule has 4 rings (SSSR count). The van der Waals surface area contributed by atoms with Crippen molar-refractivity contribution in [2.75, 3.05) is 13.7 Å². The predicted molar refractivity (Wildman–Crippen MR) is 108 cm³/mol. The molecule has 3 nitrogen and oxygen atoms in total. The number of rotatable bonds is 4. The van der Waals surface area contributed by atoms with Gasteiger partial charge in [0.15, 0.2) is 0 Å². The van der Waals surface area contributed by atoms with Crippen molar-refractivity contribution in [1.29, 1.82) is 0 Å². The summed E-state index contributed by atoms with van der Waals surface area (Å²) in [5.41, 5.74) is 2.26. The first-order valence-corrected chi connectivity index (χ1v) is 10.2. The van der Waals surface area contributed by atoms with Crippen LogP contribution in [0.2, 0.25) is 0 Å². The first kappa shape index (κ1) is 17.1. The fourth-order valence-corrected chi connectivity index (χ4v) is 5.04. The normalized spacial score (nSPS) is 16.7. The lowest BCUT2D eigenvalue weighted by atomic mass is 9.98. The minimum absolute atomic E-state index is 0.0259. The molecule has 0 aliphatic carbocycles. The zero-order chi connectivity index (χ0) is 17.9. The van der Waals surface area contributed by atoms with Gasteiger partial charge < -0.3 is 9.64 Å². The molecule has 3 aromatic rings. The number of thiophene rings is 2. The highest BCUT2D eigenvalue weighted by Crippen LogP contribution is 2.39. The number of hydrogen-bond donors (Lipinski definition) is 0. The van der Waals surface area contributed by atoms with Crippen LogP contribution in [-0.4, -0.2) is 24.5 Å². The van der Waals surface area contributed by atoms with E-state index < -0.39 is 0 Å². The van der Waals surface area contributed by atoms with E-state index in [1.807, 2.05) is 35.2 Å². The van der Waals surface area contributed by atoms with Gasteiger partial charge in [-0.15, -0.1) is 22.7 Å². The number of hydrogen-bond acceptors (Lipinski definition) is 4. The fourth-order valence-electron chi connectivity index (χ4n) is 3.29. The van der Waals surface area contributed by atoms with Gasteiger partial charge in [-0.3, -0.25) is 4.79 Å². The molecule has 1 aliphatic rings. The van der Waals surface area contributed by atoms with Gasteiger partial charge >= 0.3 is 0 Å². The second-order valence-corrected chi connectivity index (χ2v) is 8.09. The number of fused-ring (bicyclic) bond motifs is 1. The van der Waals surface area contributed by atoms with Crippen LogP contribution in [0.5, 0.6) is 5.75 Å². The molecule has 5 heteroatoms. The van der Waals surface area contributed by atoms with E-state index in [-0.39, 0.29) is 11.9 Å². The number of nitrogens with zero attached hydrogens (tertiary/aromatic N) is 1. The lowest BCUT2D eigenvalue weighted by Crippen LogP contribution is -2.38. The van der Waals surface area contributed by atoms with Crippen molar-refractivity contribution in [3.05, 3.63) is 80.2 Å². The molecule has 1 aromatic carbocycles. The molecule has 1 amide bonds. The lowest BCUT2D eigenvalue weighted by molar-refractivity contribution is -0.127. The maximum absolute atomic E-state index is 13.0. The molecule has 0 bridgehead atoms. The van der Waals surface area contributed by atoms with E-state index in [0.717, 1.165) is 24.3 Å². The Bertz CT molecular complexity index is 910. The number of benzene rings is 1. The van der Waals surface area contributed by atoms with E-state index in [1.165, 1.54) is 15.3 Å². The maximum Gasteiger partial charge on any atom is 0.247 e. The van der Waals surface area contributed by atoms with Crippen LogP contribution in [0.3, 0.4) is 0 Å². The van der Waals surface area contributed by atoms with Crippen molar-refractivity contribution >= 4 is 34.7 Å². The molecule has 2 aromatic heterocycles. The van der Waals surface area contributed by atoms with Gasteiger partial charge in [0.05, 0.1) is 13.2 Å². The largest absolute Gasteiger partial charge is 0.497 e. The van der Waals surface area contributed by atoms with Crippen molar-refractivity contribution in [3.8, 4) is 5.75 Å². The molecule has 3 heterocycles. The van der Waals surface area contributed by atoms with Crippen molar-refractivity contribution in [3.63, 3.8) is 0 Å². The fraction of sp³-hybridized carbons (Fsp3) is 0.190. The minimum atomic E-state index is 0.0259. The van der Waals surface area contributed by atoms with Crippen molar-refractivity contribution < 1.29 is 9.53 Å². The summed E-state index contributed by atoms with van der Waals surface area (Å²) in [7, 11) is 1.65. The Balaban J connectivity index is 1.59. The van der Waals surface area contributed by atoms with Gasteiger partial charge in [-0.25, -0.2) is 0 Å². The summed E-state index contributed by atoms with van der Waals surface area (Å²) >= 11 is 3.50. The van der Waals surface area contributed by atoms with Crippen LogP contribution in [0.1, 0.15) is 26.9 Å². The van der Waals surface area contributed by atoms with Gasteiger partial charge in [-0.2, -0.15) is 0 Å². The van der Waals surface area contributed by atoms with Crippen LogP contribution in [0, 0.1) is 0 Å². The van der Waals surface area contributed by atoms with Crippen LogP contribution in [0.4, 0.5) is 0 Å². The molecule has 0 spiro atoms. The molecule has 1 aliphatic heterocycles. The number of carbonyl (C=O) groups excluding carboxylic acids is 1. The highest BCUT2D eigenvalue weighted by molar-refractivity contribution is 7.10. The third kappa shape index (κ3) is 3.32. The molecule has 0 saturated carbocycles. The van der Waals surface area contributed by atoms with E-state index in [1.54, 1.807) is 35.9 Å². The summed E-state index contributed by atoms with van der Waals surface area (Å²) in [6, 6.07) is 14.1. The Kier molecular flexibility index (Phi) is 4.91. The SMILES string of the molecule is COc1ccc(/C=C/C(=O)N2CCc3sccc3[C@H]2c2cccs2)cc1. The topological polar surface area (TPSA) is 29.5 Å². The summed E-state index contributed by atoms with van der Waals surface area (Å²) in [4.78, 5) is 17.6. The van der Waals surface area contributed by atoms with E-state index in [4.69, 9.17) is 4.74 Å².